The number of hydrogen-bond acceptors (Lipinski definition) is 2. The number of piperidine rings is 1. The van der Waals surface area contributed by atoms with Crippen molar-refractivity contribution in [2.24, 2.45) is 0 Å². The Kier molecular flexibility index (Phi) is 5.01. The third-order valence-corrected chi connectivity index (χ3v) is 3.90. The zero-order valence-corrected chi connectivity index (χ0v) is 12.0. The lowest BCUT2D eigenvalue weighted by atomic mass is 10.0. The van der Waals surface area contributed by atoms with E-state index in [9.17, 15) is 9.59 Å². The van der Waals surface area contributed by atoms with Gasteiger partial charge in [0, 0.05) is 18.0 Å². The van der Waals surface area contributed by atoms with Gasteiger partial charge in [-0.3, -0.25) is 4.79 Å². The first-order chi connectivity index (χ1) is 9.58. The number of nitrogens with zero attached hydrogens (tertiary/aromatic N) is 1. The number of aliphatic carboxylic acids is 1. The van der Waals surface area contributed by atoms with Gasteiger partial charge in [-0.2, -0.15) is 0 Å². The van der Waals surface area contributed by atoms with Crippen LogP contribution < -0.4 is 0 Å². The van der Waals surface area contributed by atoms with Crippen LogP contribution in [0.15, 0.2) is 24.3 Å². The summed E-state index contributed by atoms with van der Waals surface area (Å²) in [6.45, 7) is 0.552. The Morgan fingerprint density at radius 3 is 2.60 bits per heavy atom. The van der Waals surface area contributed by atoms with Gasteiger partial charge < -0.3 is 10.0 Å². The van der Waals surface area contributed by atoms with Crippen molar-refractivity contribution in [1.29, 1.82) is 0 Å². The molecule has 1 amide bonds. The Balaban J connectivity index is 1.93. The highest BCUT2D eigenvalue weighted by molar-refractivity contribution is 6.30. The first kappa shape index (κ1) is 14.9. The SMILES string of the molecule is O=C(O)[C@H]1CCCCN1C(=O)CCc1ccc(Cl)cc1. The molecule has 0 aromatic heterocycles. The molecule has 2 rings (SSSR count). The average molecular weight is 296 g/mol. The molecule has 108 valence electrons. The van der Waals surface area contributed by atoms with E-state index in [4.69, 9.17) is 16.7 Å². The standard InChI is InChI=1S/C15H18ClNO3/c16-12-7-4-11(5-8-12)6-9-14(18)17-10-2-1-3-13(17)15(19)20/h4-5,7-8,13H,1-3,6,9-10H2,(H,19,20)/t13-/m1/s1. The summed E-state index contributed by atoms with van der Waals surface area (Å²) in [6, 6.07) is 6.72. The topological polar surface area (TPSA) is 57.6 Å². The van der Waals surface area contributed by atoms with E-state index in [1.807, 2.05) is 12.1 Å². The van der Waals surface area contributed by atoms with E-state index in [0.29, 0.717) is 30.8 Å². The van der Waals surface area contributed by atoms with Gasteiger partial charge in [0.05, 0.1) is 0 Å². The number of benzene rings is 1. The monoisotopic (exact) mass is 295 g/mol. The van der Waals surface area contributed by atoms with Gasteiger partial charge in [-0.05, 0) is 43.4 Å². The van der Waals surface area contributed by atoms with Crippen LogP contribution >= 0.6 is 11.6 Å². The van der Waals surface area contributed by atoms with Gasteiger partial charge in [0.15, 0.2) is 0 Å². The normalized spacial score (nSPS) is 18.9. The zero-order valence-electron chi connectivity index (χ0n) is 11.2. The second-order valence-electron chi connectivity index (χ2n) is 5.06. The Morgan fingerprint density at radius 2 is 1.95 bits per heavy atom. The zero-order chi connectivity index (χ0) is 14.5. The molecular weight excluding hydrogens is 278 g/mol. The van der Waals surface area contributed by atoms with Crippen LogP contribution in [0.4, 0.5) is 0 Å². The number of rotatable bonds is 4. The van der Waals surface area contributed by atoms with Crippen molar-refractivity contribution in [2.75, 3.05) is 6.54 Å². The van der Waals surface area contributed by atoms with Crippen LogP contribution in [0.5, 0.6) is 0 Å². The fourth-order valence-corrected chi connectivity index (χ4v) is 2.66. The second-order valence-corrected chi connectivity index (χ2v) is 5.50. The summed E-state index contributed by atoms with van der Waals surface area (Å²) in [7, 11) is 0. The Hall–Kier alpha value is -1.55. The van der Waals surface area contributed by atoms with E-state index in [-0.39, 0.29) is 5.91 Å². The van der Waals surface area contributed by atoms with Crippen LogP contribution in [0.25, 0.3) is 0 Å². The highest BCUT2D eigenvalue weighted by atomic mass is 35.5. The molecule has 0 saturated carbocycles. The molecule has 1 atom stereocenters. The molecule has 0 unspecified atom stereocenters. The first-order valence-electron chi connectivity index (χ1n) is 6.84. The van der Waals surface area contributed by atoms with Crippen LogP contribution in [0, 0.1) is 0 Å². The highest BCUT2D eigenvalue weighted by Crippen LogP contribution is 2.19. The minimum atomic E-state index is -0.899. The molecule has 4 nitrogen and oxygen atoms in total. The molecule has 0 aliphatic carbocycles. The number of hydrogen-bond donors (Lipinski definition) is 1. The average Bonchev–Trinajstić information content (AvgIpc) is 2.46. The number of carbonyl (C=O) groups excluding carboxylic acids is 1. The maximum Gasteiger partial charge on any atom is 0.326 e. The lowest BCUT2D eigenvalue weighted by Crippen LogP contribution is -2.48. The fraction of sp³-hybridized carbons (Fsp3) is 0.467. The number of halogens is 1. The fourth-order valence-electron chi connectivity index (χ4n) is 2.53. The molecule has 1 fully saturated rings. The van der Waals surface area contributed by atoms with Crippen molar-refractivity contribution in [1.82, 2.24) is 4.90 Å². The molecule has 1 aliphatic rings. The number of carboxylic acids is 1. The summed E-state index contributed by atoms with van der Waals surface area (Å²) in [5, 5.41) is 9.83. The van der Waals surface area contributed by atoms with Crippen molar-refractivity contribution < 1.29 is 14.7 Å². The van der Waals surface area contributed by atoms with Crippen LogP contribution in [0.2, 0.25) is 5.02 Å². The molecule has 0 spiro atoms. The van der Waals surface area contributed by atoms with Gasteiger partial charge >= 0.3 is 5.97 Å². The highest BCUT2D eigenvalue weighted by Gasteiger charge is 2.31. The molecular formula is C15H18ClNO3. The molecule has 20 heavy (non-hydrogen) atoms. The van der Waals surface area contributed by atoms with E-state index in [1.54, 1.807) is 12.1 Å². The Bertz CT molecular complexity index is 486. The minimum Gasteiger partial charge on any atom is -0.480 e. The summed E-state index contributed by atoms with van der Waals surface area (Å²) >= 11 is 5.81. The van der Waals surface area contributed by atoms with Gasteiger partial charge in [0.1, 0.15) is 6.04 Å². The van der Waals surface area contributed by atoms with Gasteiger partial charge in [-0.1, -0.05) is 23.7 Å². The van der Waals surface area contributed by atoms with E-state index < -0.39 is 12.0 Å². The van der Waals surface area contributed by atoms with Crippen LogP contribution in [-0.4, -0.2) is 34.5 Å². The van der Waals surface area contributed by atoms with E-state index in [0.717, 1.165) is 18.4 Å². The Morgan fingerprint density at radius 1 is 1.25 bits per heavy atom. The number of likely N-dealkylation sites (tertiary alicyclic amines) is 1. The Labute approximate surface area is 123 Å². The van der Waals surface area contributed by atoms with Crippen molar-refractivity contribution >= 4 is 23.5 Å². The third kappa shape index (κ3) is 3.73. The number of carboxylic acid groups (broad SMARTS) is 1. The molecule has 0 bridgehead atoms. The molecule has 1 N–H and O–H groups in total. The summed E-state index contributed by atoms with van der Waals surface area (Å²) in [5.41, 5.74) is 1.03. The van der Waals surface area contributed by atoms with Gasteiger partial charge in [0.2, 0.25) is 5.91 Å². The predicted octanol–water partition coefficient (Wildman–Crippen LogP) is 2.74. The van der Waals surface area contributed by atoms with Crippen molar-refractivity contribution in [2.45, 2.75) is 38.1 Å². The van der Waals surface area contributed by atoms with E-state index in [2.05, 4.69) is 0 Å². The second kappa shape index (κ2) is 6.75. The molecule has 1 heterocycles. The third-order valence-electron chi connectivity index (χ3n) is 3.65. The lowest BCUT2D eigenvalue weighted by molar-refractivity contribution is -0.152. The van der Waals surface area contributed by atoms with Crippen LogP contribution in [0.3, 0.4) is 0 Å². The summed E-state index contributed by atoms with van der Waals surface area (Å²) in [4.78, 5) is 24.9. The molecule has 1 aromatic carbocycles. The molecule has 0 radical (unpaired) electrons. The summed E-state index contributed by atoms with van der Waals surface area (Å²) in [5.74, 6) is -0.975. The molecule has 5 heteroatoms. The van der Waals surface area contributed by atoms with Gasteiger partial charge in [-0.15, -0.1) is 0 Å². The largest absolute Gasteiger partial charge is 0.480 e. The van der Waals surface area contributed by atoms with Crippen molar-refractivity contribution in [3.8, 4) is 0 Å². The molecule has 1 aromatic rings. The number of carbonyl (C=O) groups is 2. The maximum absolute atomic E-state index is 12.2. The smallest absolute Gasteiger partial charge is 0.326 e. The molecule has 1 aliphatic heterocycles. The summed E-state index contributed by atoms with van der Waals surface area (Å²) in [6.07, 6.45) is 3.26. The lowest BCUT2D eigenvalue weighted by Gasteiger charge is -2.33. The minimum absolute atomic E-state index is 0.0768. The summed E-state index contributed by atoms with van der Waals surface area (Å²) < 4.78 is 0. The van der Waals surface area contributed by atoms with E-state index >= 15 is 0 Å². The predicted molar refractivity (Wildman–Crippen MR) is 76.8 cm³/mol. The van der Waals surface area contributed by atoms with Gasteiger partial charge in [-0.25, -0.2) is 4.79 Å². The van der Waals surface area contributed by atoms with Crippen molar-refractivity contribution in [3.63, 3.8) is 0 Å². The van der Waals surface area contributed by atoms with Crippen molar-refractivity contribution in [3.05, 3.63) is 34.9 Å². The first-order valence-corrected chi connectivity index (χ1v) is 7.22. The van der Waals surface area contributed by atoms with Gasteiger partial charge in [0.25, 0.3) is 0 Å². The molecule has 1 saturated heterocycles. The maximum atomic E-state index is 12.2. The number of amides is 1. The number of aryl methyl sites for hydroxylation is 1. The van der Waals surface area contributed by atoms with Crippen LogP contribution in [-0.2, 0) is 16.0 Å². The van der Waals surface area contributed by atoms with Crippen LogP contribution in [0.1, 0.15) is 31.2 Å². The quantitative estimate of drug-likeness (QED) is 0.929. The van der Waals surface area contributed by atoms with E-state index in [1.165, 1.54) is 4.90 Å².